The molecule has 0 fully saturated rings. The summed E-state index contributed by atoms with van der Waals surface area (Å²) < 4.78 is 5.17. The zero-order valence-corrected chi connectivity index (χ0v) is 11.3. The van der Waals surface area contributed by atoms with E-state index in [0.717, 1.165) is 10.6 Å². The predicted octanol–water partition coefficient (Wildman–Crippen LogP) is 2.44. The SMILES string of the molecule is CCSc1c[nH]c(=O)c(C(=O)OC(C)(C)C)c1. The van der Waals surface area contributed by atoms with Crippen LogP contribution >= 0.6 is 11.8 Å². The summed E-state index contributed by atoms with van der Waals surface area (Å²) in [4.78, 5) is 26.7. The molecule has 0 amide bonds. The topological polar surface area (TPSA) is 59.2 Å². The van der Waals surface area contributed by atoms with Crippen molar-refractivity contribution in [1.29, 1.82) is 0 Å². The molecule has 0 spiro atoms. The normalized spacial score (nSPS) is 11.3. The first kappa shape index (κ1) is 13.8. The summed E-state index contributed by atoms with van der Waals surface area (Å²) in [6, 6.07) is 1.57. The van der Waals surface area contributed by atoms with E-state index < -0.39 is 17.1 Å². The number of nitrogens with one attached hydrogen (secondary N) is 1. The Bertz CT molecular complexity index is 460. The number of carbonyl (C=O) groups is 1. The van der Waals surface area contributed by atoms with Gasteiger partial charge in [0.2, 0.25) is 0 Å². The van der Waals surface area contributed by atoms with Gasteiger partial charge in [0, 0.05) is 11.1 Å². The van der Waals surface area contributed by atoms with Crippen LogP contribution < -0.4 is 5.56 Å². The standard InChI is InChI=1S/C12H17NO3S/c1-5-17-8-6-9(10(14)13-7-8)11(15)16-12(2,3)4/h6-7H,5H2,1-4H3,(H,13,14). The molecule has 1 aromatic rings. The van der Waals surface area contributed by atoms with E-state index in [-0.39, 0.29) is 5.56 Å². The fraction of sp³-hybridized carbons (Fsp3) is 0.500. The van der Waals surface area contributed by atoms with Crippen molar-refractivity contribution < 1.29 is 9.53 Å². The Morgan fingerprint density at radius 2 is 2.12 bits per heavy atom. The summed E-state index contributed by atoms with van der Waals surface area (Å²) in [5.74, 6) is 0.289. The van der Waals surface area contributed by atoms with Crippen LogP contribution in [0.15, 0.2) is 22.0 Å². The van der Waals surface area contributed by atoms with E-state index in [9.17, 15) is 9.59 Å². The number of rotatable bonds is 3. The molecule has 0 aromatic carbocycles. The van der Waals surface area contributed by atoms with Crippen LogP contribution in [0.3, 0.4) is 0 Å². The smallest absolute Gasteiger partial charge is 0.344 e. The maximum atomic E-state index is 11.8. The highest BCUT2D eigenvalue weighted by Crippen LogP contribution is 2.17. The summed E-state index contributed by atoms with van der Waals surface area (Å²) in [5.41, 5.74) is -0.963. The lowest BCUT2D eigenvalue weighted by Gasteiger charge is -2.19. The molecule has 0 radical (unpaired) electrons. The second-order valence-electron chi connectivity index (χ2n) is 4.51. The second kappa shape index (κ2) is 5.40. The van der Waals surface area contributed by atoms with Crippen LogP contribution in [0, 0.1) is 0 Å². The third-order valence-corrected chi connectivity index (χ3v) is 2.66. The number of carbonyl (C=O) groups excluding carboxylic acids is 1. The molecule has 0 aliphatic carbocycles. The van der Waals surface area contributed by atoms with Crippen molar-refractivity contribution in [1.82, 2.24) is 4.98 Å². The lowest BCUT2D eigenvalue weighted by atomic mass is 10.2. The van der Waals surface area contributed by atoms with Gasteiger partial charge < -0.3 is 9.72 Å². The van der Waals surface area contributed by atoms with Gasteiger partial charge in [0.25, 0.3) is 5.56 Å². The van der Waals surface area contributed by atoms with Crippen molar-refractivity contribution in [2.24, 2.45) is 0 Å². The molecule has 1 rings (SSSR count). The maximum Gasteiger partial charge on any atom is 0.344 e. The molecule has 0 unspecified atom stereocenters. The molecule has 1 N–H and O–H groups in total. The molecule has 0 bridgehead atoms. The fourth-order valence-corrected chi connectivity index (χ4v) is 1.88. The van der Waals surface area contributed by atoms with Crippen LogP contribution in [0.25, 0.3) is 0 Å². The van der Waals surface area contributed by atoms with Gasteiger partial charge in [-0.3, -0.25) is 4.79 Å². The molecule has 1 heterocycles. The van der Waals surface area contributed by atoms with Crippen molar-refractivity contribution in [3.8, 4) is 0 Å². The summed E-state index contributed by atoms with van der Waals surface area (Å²) in [5, 5.41) is 0. The van der Waals surface area contributed by atoms with Crippen LogP contribution in [0.4, 0.5) is 0 Å². The summed E-state index contributed by atoms with van der Waals surface area (Å²) in [6.07, 6.45) is 1.60. The maximum absolute atomic E-state index is 11.8. The first-order chi connectivity index (χ1) is 7.83. The minimum atomic E-state index is -0.600. The van der Waals surface area contributed by atoms with E-state index in [1.54, 1.807) is 44.8 Å². The average molecular weight is 255 g/mol. The Morgan fingerprint density at radius 1 is 1.47 bits per heavy atom. The second-order valence-corrected chi connectivity index (χ2v) is 5.85. The van der Waals surface area contributed by atoms with Crippen LogP contribution in [0.2, 0.25) is 0 Å². The molecular weight excluding hydrogens is 238 g/mol. The van der Waals surface area contributed by atoms with Crippen molar-refractivity contribution in [3.63, 3.8) is 0 Å². The van der Waals surface area contributed by atoms with Gasteiger partial charge in [0.1, 0.15) is 11.2 Å². The average Bonchev–Trinajstić information content (AvgIpc) is 2.18. The minimum absolute atomic E-state index is 0.0541. The molecule has 1 aromatic heterocycles. The third-order valence-electron chi connectivity index (χ3n) is 1.81. The van der Waals surface area contributed by atoms with Gasteiger partial charge in [-0.2, -0.15) is 0 Å². The lowest BCUT2D eigenvalue weighted by molar-refractivity contribution is 0.00672. The number of ether oxygens (including phenoxy) is 1. The quantitative estimate of drug-likeness (QED) is 0.665. The number of hydrogen-bond acceptors (Lipinski definition) is 4. The zero-order chi connectivity index (χ0) is 13.1. The minimum Gasteiger partial charge on any atom is -0.456 e. The number of aromatic amines is 1. The summed E-state index contributed by atoms with van der Waals surface area (Å²) in [6.45, 7) is 7.31. The summed E-state index contributed by atoms with van der Waals surface area (Å²) in [7, 11) is 0. The van der Waals surface area contributed by atoms with Gasteiger partial charge in [-0.25, -0.2) is 4.79 Å². The van der Waals surface area contributed by atoms with Gasteiger partial charge in [0.05, 0.1) is 0 Å². The highest BCUT2D eigenvalue weighted by Gasteiger charge is 2.20. The molecular formula is C12H17NO3S. The van der Waals surface area contributed by atoms with Crippen molar-refractivity contribution in [2.75, 3.05) is 5.75 Å². The summed E-state index contributed by atoms with van der Waals surface area (Å²) >= 11 is 1.56. The van der Waals surface area contributed by atoms with Crippen molar-refractivity contribution in [3.05, 3.63) is 28.2 Å². The number of thioether (sulfide) groups is 1. The Morgan fingerprint density at radius 3 is 2.65 bits per heavy atom. The largest absolute Gasteiger partial charge is 0.456 e. The molecule has 5 heteroatoms. The number of hydrogen-bond donors (Lipinski definition) is 1. The number of aromatic nitrogens is 1. The van der Waals surface area contributed by atoms with E-state index >= 15 is 0 Å². The monoisotopic (exact) mass is 255 g/mol. The van der Waals surface area contributed by atoms with E-state index in [0.29, 0.717) is 0 Å². The van der Waals surface area contributed by atoms with E-state index in [1.165, 1.54) is 0 Å². The molecule has 0 aliphatic rings. The third kappa shape index (κ3) is 4.26. The number of esters is 1. The first-order valence-electron chi connectivity index (χ1n) is 5.42. The molecule has 94 valence electrons. The highest BCUT2D eigenvalue weighted by atomic mass is 32.2. The van der Waals surface area contributed by atoms with Crippen LogP contribution in [0.5, 0.6) is 0 Å². The number of pyridine rings is 1. The fourth-order valence-electron chi connectivity index (χ4n) is 1.20. The Hall–Kier alpha value is -1.23. The van der Waals surface area contributed by atoms with Gasteiger partial charge in [-0.1, -0.05) is 6.92 Å². The van der Waals surface area contributed by atoms with Crippen LogP contribution in [-0.2, 0) is 4.74 Å². The van der Waals surface area contributed by atoms with Gasteiger partial charge in [0.15, 0.2) is 0 Å². The highest BCUT2D eigenvalue weighted by molar-refractivity contribution is 7.99. The zero-order valence-electron chi connectivity index (χ0n) is 10.5. The van der Waals surface area contributed by atoms with E-state index in [1.807, 2.05) is 6.92 Å². The number of H-pyrrole nitrogens is 1. The predicted molar refractivity (Wildman–Crippen MR) is 68.6 cm³/mol. The molecule has 0 atom stereocenters. The van der Waals surface area contributed by atoms with E-state index in [2.05, 4.69) is 4.98 Å². The van der Waals surface area contributed by atoms with Crippen LogP contribution in [0.1, 0.15) is 38.1 Å². The molecule has 4 nitrogen and oxygen atoms in total. The first-order valence-corrected chi connectivity index (χ1v) is 6.41. The lowest BCUT2D eigenvalue weighted by Crippen LogP contribution is -2.28. The molecule has 0 aliphatic heterocycles. The Balaban J connectivity index is 3.00. The van der Waals surface area contributed by atoms with Crippen LogP contribution in [-0.4, -0.2) is 22.3 Å². The van der Waals surface area contributed by atoms with Gasteiger partial charge >= 0.3 is 5.97 Å². The van der Waals surface area contributed by atoms with E-state index in [4.69, 9.17) is 4.74 Å². The van der Waals surface area contributed by atoms with Crippen molar-refractivity contribution in [2.45, 2.75) is 38.2 Å². The van der Waals surface area contributed by atoms with Gasteiger partial charge in [-0.05, 0) is 32.6 Å². The molecule has 0 saturated carbocycles. The van der Waals surface area contributed by atoms with Crippen molar-refractivity contribution >= 4 is 17.7 Å². The molecule has 0 saturated heterocycles. The van der Waals surface area contributed by atoms with Gasteiger partial charge in [-0.15, -0.1) is 11.8 Å². The Labute approximate surface area is 105 Å². The Kier molecular flexibility index (Phi) is 4.40. The molecule has 17 heavy (non-hydrogen) atoms.